The van der Waals surface area contributed by atoms with E-state index < -0.39 is 0 Å². The van der Waals surface area contributed by atoms with Crippen molar-refractivity contribution < 1.29 is 5.11 Å². The number of nitriles is 1. The third-order valence-electron chi connectivity index (χ3n) is 4.61. The van der Waals surface area contributed by atoms with Gasteiger partial charge in [0.2, 0.25) is 0 Å². The highest BCUT2D eigenvalue weighted by Crippen LogP contribution is 2.15. The monoisotopic (exact) mass is 355 g/mol. The van der Waals surface area contributed by atoms with Gasteiger partial charge in [0.15, 0.2) is 0 Å². The summed E-state index contributed by atoms with van der Waals surface area (Å²) >= 11 is 1.81. The molecule has 0 rings (SSSR count). The Bertz CT molecular complexity index is 278. The number of hydrogen-bond acceptors (Lipinski definition) is 3. The first-order valence-corrected chi connectivity index (χ1v) is 11.6. The molecule has 2 nitrogen and oxygen atoms in total. The molecule has 0 bridgehead atoms. The van der Waals surface area contributed by atoms with Gasteiger partial charge in [0.05, 0.1) is 18.6 Å². The van der Waals surface area contributed by atoms with Crippen LogP contribution in [0.4, 0.5) is 0 Å². The van der Waals surface area contributed by atoms with Crippen LogP contribution in [0.5, 0.6) is 0 Å². The van der Waals surface area contributed by atoms with Crippen LogP contribution < -0.4 is 0 Å². The molecule has 1 N–H and O–H groups in total. The molecule has 0 aliphatic rings. The molecule has 0 aliphatic carbocycles. The summed E-state index contributed by atoms with van der Waals surface area (Å²) in [5, 5.41) is 17.7. The van der Waals surface area contributed by atoms with Gasteiger partial charge in [0, 0.05) is 5.75 Å². The molecule has 0 aliphatic heterocycles. The Balaban J connectivity index is 3.04. The smallest absolute Gasteiger partial charge is 0.0784 e. The van der Waals surface area contributed by atoms with Crippen molar-refractivity contribution in [2.24, 2.45) is 5.92 Å². The molecule has 0 aromatic heterocycles. The Hall–Kier alpha value is -0.200. The van der Waals surface area contributed by atoms with E-state index in [9.17, 15) is 0 Å². The summed E-state index contributed by atoms with van der Waals surface area (Å²) in [5.41, 5.74) is 0. The van der Waals surface area contributed by atoms with E-state index in [2.05, 4.69) is 13.0 Å². The molecule has 0 spiro atoms. The van der Waals surface area contributed by atoms with E-state index in [1.54, 1.807) is 0 Å². The van der Waals surface area contributed by atoms with Crippen LogP contribution in [0, 0.1) is 17.2 Å². The first-order chi connectivity index (χ1) is 11.8. The van der Waals surface area contributed by atoms with Crippen LogP contribution in [-0.4, -0.2) is 23.2 Å². The molecule has 0 saturated heterocycles. The normalized spacial score (nSPS) is 12.2. The van der Waals surface area contributed by atoms with Crippen LogP contribution >= 0.6 is 11.8 Å². The Morgan fingerprint density at radius 3 is 1.54 bits per heavy atom. The molecule has 0 aromatic carbocycles. The molecule has 0 fully saturated rings. The second-order valence-electron chi connectivity index (χ2n) is 7.03. The van der Waals surface area contributed by atoms with Gasteiger partial charge in [-0.05, 0) is 12.2 Å². The zero-order chi connectivity index (χ0) is 17.7. The Morgan fingerprint density at radius 2 is 1.17 bits per heavy atom. The number of rotatable bonds is 19. The maximum absolute atomic E-state index is 8.93. The van der Waals surface area contributed by atoms with E-state index in [4.69, 9.17) is 10.4 Å². The van der Waals surface area contributed by atoms with Crippen molar-refractivity contribution in [1.29, 1.82) is 5.26 Å². The lowest BCUT2D eigenvalue weighted by Crippen LogP contribution is -2.06. The zero-order valence-electron chi connectivity index (χ0n) is 16.1. The van der Waals surface area contributed by atoms with E-state index in [-0.39, 0.29) is 12.5 Å². The molecule has 142 valence electrons. The predicted octanol–water partition coefficient (Wildman–Crippen LogP) is 6.72. The van der Waals surface area contributed by atoms with E-state index in [0.717, 1.165) is 11.5 Å². The summed E-state index contributed by atoms with van der Waals surface area (Å²) in [6.45, 7) is 2.28. The number of nitrogens with zero attached hydrogens (tertiary/aromatic N) is 1. The minimum absolute atomic E-state index is 0.00234. The summed E-state index contributed by atoms with van der Waals surface area (Å²) in [6.07, 6.45) is 21.0. The van der Waals surface area contributed by atoms with Gasteiger partial charge in [-0.3, -0.25) is 0 Å². The minimum Gasteiger partial charge on any atom is -0.395 e. The highest BCUT2D eigenvalue weighted by molar-refractivity contribution is 7.99. The van der Waals surface area contributed by atoms with Crippen LogP contribution in [0.3, 0.4) is 0 Å². The topological polar surface area (TPSA) is 44.0 Å². The largest absolute Gasteiger partial charge is 0.395 e. The quantitative estimate of drug-likeness (QED) is 0.261. The number of thioether (sulfide) groups is 1. The molecule has 0 heterocycles. The molecule has 1 unspecified atom stereocenters. The average molecular weight is 356 g/mol. The molecular weight excluding hydrogens is 314 g/mol. The van der Waals surface area contributed by atoms with Gasteiger partial charge >= 0.3 is 0 Å². The molecule has 24 heavy (non-hydrogen) atoms. The molecule has 3 heteroatoms. The van der Waals surface area contributed by atoms with Gasteiger partial charge in [-0.25, -0.2) is 0 Å². The van der Waals surface area contributed by atoms with Gasteiger partial charge < -0.3 is 5.11 Å². The molecule has 0 radical (unpaired) electrons. The molecule has 0 amide bonds. The number of aliphatic hydroxyl groups excluding tert-OH is 1. The van der Waals surface area contributed by atoms with Crippen LogP contribution in [0.15, 0.2) is 0 Å². The van der Waals surface area contributed by atoms with Crippen LogP contribution in [0.1, 0.15) is 103 Å². The fourth-order valence-electron chi connectivity index (χ4n) is 2.93. The van der Waals surface area contributed by atoms with Gasteiger partial charge in [0.1, 0.15) is 0 Å². The van der Waals surface area contributed by atoms with Crippen molar-refractivity contribution in [3.05, 3.63) is 0 Å². The zero-order valence-corrected chi connectivity index (χ0v) is 16.9. The van der Waals surface area contributed by atoms with E-state index in [0.29, 0.717) is 0 Å². The number of hydrogen-bond donors (Lipinski definition) is 1. The second-order valence-corrected chi connectivity index (χ2v) is 8.18. The SMILES string of the molecule is CCCCCCCCCCCCCCCCCSCC(C#N)CO. The summed E-state index contributed by atoms with van der Waals surface area (Å²) < 4.78 is 0. The van der Waals surface area contributed by atoms with Crippen LogP contribution in [-0.2, 0) is 0 Å². The van der Waals surface area contributed by atoms with Crippen LogP contribution in [0.2, 0.25) is 0 Å². The van der Waals surface area contributed by atoms with E-state index >= 15 is 0 Å². The number of aliphatic hydroxyl groups is 1. The van der Waals surface area contributed by atoms with Crippen LogP contribution in [0.25, 0.3) is 0 Å². The molecule has 0 saturated carbocycles. The van der Waals surface area contributed by atoms with Crippen molar-refractivity contribution in [3.63, 3.8) is 0 Å². The Labute approximate surface area is 155 Å². The highest BCUT2D eigenvalue weighted by atomic mass is 32.2. The maximum Gasteiger partial charge on any atom is 0.0784 e. The Kier molecular flexibility index (Phi) is 20.7. The molecule has 0 aromatic rings. The number of unbranched alkanes of at least 4 members (excludes halogenated alkanes) is 14. The predicted molar refractivity (Wildman–Crippen MR) is 108 cm³/mol. The van der Waals surface area contributed by atoms with Gasteiger partial charge in [0.25, 0.3) is 0 Å². The Morgan fingerprint density at radius 1 is 0.750 bits per heavy atom. The molecular formula is C21H41NOS. The minimum atomic E-state index is -0.175. The van der Waals surface area contributed by atoms with Crippen molar-refractivity contribution >= 4 is 11.8 Å². The second kappa shape index (κ2) is 20.8. The van der Waals surface area contributed by atoms with Gasteiger partial charge in [-0.15, -0.1) is 0 Å². The third-order valence-corrected chi connectivity index (χ3v) is 5.83. The van der Waals surface area contributed by atoms with Crippen molar-refractivity contribution in [3.8, 4) is 6.07 Å². The van der Waals surface area contributed by atoms with Crippen molar-refractivity contribution in [1.82, 2.24) is 0 Å². The average Bonchev–Trinajstić information content (AvgIpc) is 2.61. The first kappa shape index (κ1) is 23.8. The summed E-state index contributed by atoms with van der Waals surface area (Å²) in [6, 6.07) is 2.14. The lowest BCUT2D eigenvalue weighted by atomic mass is 10.0. The third kappa shape index (κ3) is 18.1. The summed E-state index contributed by atoms with van der Waals surface area (Å²) in [4.78, 5) is 0. The van der Waals surface area contributed by atoms with Gasteiger partial charge in [-0.1, -0.05) is 96.8 Å². The van der Waals surface area contributed by atoms with Crippen molar-refractivity contribution in [2.45, 2.75) is 103 Å². The fourth-order valence-corrected chi connectivity index (χ4v) is 3.97. The summed E-state index contributed by atoms with van der Waals surface area (Å²) in [5.74, 6) is 1.74. The fraction of sp³-hybridized carbons (Fsp3) is 0.952. The highest BCUT2D eigenvalue weighted by Gasteiger charge is 2.04. The molecule has 1 atom stereocenters. The van der Waals surface area contributed by atoms with Gasteiger partial charge in [-0.2, -0.15) is 17.0 Å². The maximum atomic E-state index is 8.93. The first-order valence-electron chi connectivity index (χ1n) is 10.4. The lowest BCUT2D eigenvalue weighted by molar-refractivity contribution is 0.267. The van der Waals surface area contributed by atoms with E-state index in [1.807, 2.05) is 11.8 Å². The summed E-state index contributed by atoms with van der Waals surface area (Å²) in [7, 11) is 0. The standard InChI is InChI=1S/C21H41NOS/c1-2-3-4-5-6-7-8-9-10-11-12-13-14-15-16-17-24-20-21(18-22)19-23/h21,23H,2-17,19-20H2,1H3. The van der Waals surface area contributed by atoms with Crippen molar-refractivity contribution in [2.75, 3.05) is 18.1 Å². The van der Waals surface area contributed by atoms with E-state index in [1.165, 1.54) is 96.3 Å². The lowest BCUT2D eigenvalue weighted by Gasteiger charge is -2.05.